The molecule has 0 aromatic heterocycles. The van der Waals surface area contributed by atoms with Crippen molar-refractivity contribution in [3.05, 3.63) is 0 Å². The van der Waals surface area contributed by atoms with Gasteiger partial charge in [-0.15, -0.1) is 0 Å². The van der Waals surface area contributed by atoms with E-state index >= 15 is 0 Å². The van der Waals surface area contributed by atoms with Crippen LogP contribution in [-0.2, 0) is 9.53 Å². The van der Waals surface area contributed by atoms with E-state index in [1.54, 1.807) is 21.1 Å². The lowest BCUT2D eigenvalue weighted by molar-refractivity contribution is -0.125. The summed E-state index contributed by atoms with van der Waals surface area (Å²) in [5.74, 6) is -0.213. The standard InChI is InChI=1S/C8H18N2O3/c1-6(11)7(9-2)8(12)10-4-5-13-3/h6-7,9,11H,4-5H2,1-3H3,(H,10,12). The SMILES string of the molecule is CNC(C(=O)NCCOC)C(C)O. The highest BCUT2D eigenvalue weighted by Gasteiger charge is 2.20. The van der Waals surface area contributed by atoms with Crippen molar-refractivity contribution in [2.24, 2.45) is 0 Å². The van der Waals surface area contributed by atoms with E-state index in [2.05, 4.69) is 10.6 Å². The molecule has 0 rings (SSSR count). The van der Waals surface area contributed by atoms with Gasteiger partial charge in [-0.25, -0.2) is 0 Å². The van der Waals surface area contributed by atoms with E-state index < -0.39 is 12.1 Å². The van der Waals surface area contributed by atoms with Crippen molar-refractivity contribution in [1.29, 1.82) is 0 Å². The Labute approximate surface area is 78.5 Å². The van der Waals surface area contributed by atoms with Crippen LogP contribution in [0.1, 0.15) is 6.92 Å². The van der Waals surface area contributed by atoms with E-state index in [1.165, 1.54) is 0 Å². The van der Waals surface area contributed by atoms with E-state index in [0.717, 1.165) is 0 Å². The summed E-state index contributed by atoms with van der Waals surface area (Å²) < 4.78 is 4.77. The van der Waals surface area contributed by atoms with Gasteiger partial charge in [0.2, 0.25) is 5.91 Å². The molecule has 0 fully saturated rings. The van der Waals surface area contributed by atoms with Gasteiger partial charge >= 0.3 is 0 Å². The third-order valence-electron chi connectivity index (χ3n) is 1.68. The number of carbonyl (C=O) groups is 1. The first-order valence-corrected chi connectivity index (χ1v) is 4.25. The second-order valence-electron chi connectivity index (χ2n) is 2.79. The number of carbonyl (C=O) groups excluding carboxylic acids is 1. The predicted molar refractivity (Wildman–Crippen MR) is 49.4 cm³/mol. The molecule has 0 aliphatic rings. The fraction of sp³-hybridized carbons (Fsp3) is 0.875. The number of rotatable bonds is 6. The molecule has 0 aliphatic carbocycles. The molecule has 3 N–H and O–H groups in total. The van der Waals surface area contributed by atoms with Crippen LogP contribution >= 0.6 is 0 Å². The normalized spacial score (nSPS) is 15.1. The number of hydrogen-bond donors (Lipinski definition) is 3. The first kappa shape index (κ1) is 12.3. The molecule has 13 heavy (non-hydrogen) atoms. The van der Waals surface area contributed by atoms with Crippen LogP contribution in [0, 0.1) is 0 Å². The molecule has 5 nitrogen and oxygen atoms in total. The molecule has 78 valence electrons. The quantitative estimate of drug-likeness (QED) is 0.456. The first-order valence-electron chi connectivity index (χ1n) is 4.25. The van der Waals surface area contributed by atoms with Gasteiger partial charge in [0, 0.05) is 13.7 Å². The summed E-state index contributed by atoms with van der Waals surface area (Å²) in [6.07, 6.45) is -0.701. The van der Waals surface area contributed by atoms with Crippen molar-refractivity contribution in [1.82, 2.24) is 10.6 Å². The van der Waals surface area contributed by atoms with E-state index in [9.17, 15) is 9.90 Å². The fourth-order valence-electron chi connectivity index (χ4n) is 0.978. The second-order valence-corrected chi connectivity index (χ2v) is 2.79. The maximum Gasteiger partial charge on any atom is 0.239 e. The van der Waals surface area contributed by atoms with Gasteiger partial charge in [-0.3, -0.25) is 4.79 Å². The third-order valence-corrected chi connectivity index (χ3v) is 1.68. The van der Waals surface area contributed by atoms with Gasteiger partial charge in [-0.1, -0.05) is 0 Å². The van der Waals surface area contributed by atoms with Crippen LogP contribution in [0.5, 0.6) is 0 Å². The van der Waals surface area contributed by atoms with Crippen LogP contribution in [0.3, 0.4) is 0 Å². The van der Waals surface area contributed by atoms with E-state index in [-0.39, 0.29) is 5.91 Å². The smallest absolute Gasteiger partial charge is 0.239 e. The van der Waals surface area contributed by atoms with E-state index in [4.69, 9.17) is 4.74 Å². The highest BCUT2D eigenvalue weighted by Crippen LogP contribution is 1.91. The Bertz CT molecular complexity index is 150. The molecule has 5 heteroatoms. The molecule has 2 atom stereocenters. The van der Waals surface area contributed by atoms with Crippen molar-refractivity contribution < 1.29 is 14.6 Å². The Hall–Kier alpha value is -0.650. The summed E-state index contributed by atoms with van der Waals surface area (Å²) in [7, 11) is 3.20. The molecule has 0 aromatic carbocycles. The minimum atomic E-state index is -0.701. The van der Waals surface area contributed by atoms with E-state index in [0.29, 0.717) is 13.2 Å². The third kappa shape index (κ3) is 4.82. The summed E-state index contributed by atoms with van der Waals surface area (Å²) in [5.41, 5.74) is 0. The number of aliphatic hydroxyl groups excluding tert-OH is 1. The molecule has 2 unspecified atom stereocenters. The highest BCUT2D eigenvalue weighted by atomic mass is 16.5. The van der Waals surface area contributed by atoms with Gasteiger partial charge < -0.3 is 20.5 Å². The zero-order valence-electron chi connectivity index (χ0n) is 8.33. The number of hydrogen-bond acceptors (Lipinski definition) is 4. The minimum absolute atomic E-state index is 0.213. The average Bonchev–Trinajstić information content (AvgIpc) is 2.05. The summed E-state index contributed by atoms with van der Waals surface area (Å²) in [5, 5.41) is 14.5. The Morgan fingerprint density at radius 3 is 2.62 bits per heavy atom. The maximum atomic E-state index is 11.3. The molecule has 1 amide bonds. The van der Waals surface area contributed by atoms with Crippen molar-refractivity contribution in [2.75, 3.05) is 27.3 Å². The van der Waals surface area contributed by atoms with Gasteiger partial charge in [0.05, 0.1) is 12.7 Å². The summed E-state index contributed by atoms with van der Waals surface area (Å²) in [4.78, 5) is 11.3. The Morgan fingerprint density at radius 1 is 1.62 bits per heavy atom. The number of methoxy groups -OCH3 is 1. The molecule has 0 spiro atoms. The van der Waals surface area contributed by atoms with Crippen LogP contribution in [-0.4, -0.2) is 50.5 Å². The van der Waals surface area contributed by atoms with Crippen molar-refractivity contribution >= 4 is 5.91 Å². The fourth-order valence-corrected chi connectivity index (χ4v) is 0.978. The maximum absolute atomic E-state index is 11.3. The molecule has 0 heterocycles. The molecule has 0 saturated heterocycles. The van der Waals surface area contributed by atoms with Crippen molar-refractivity contribution in [2.45, 2.75) is 19.1 Å². The Kier molecular flexibility index (Phi) is 6.48. The number of aliphatic hydroxyl groups is 1. The number of nitrogens with one attached hydrogen (secondary N) is 2. The average molecular weight is 190 g/mol. The van der Waals surface area contributed by atoms with Gasteiger partial charge in [0.25, 0.3) is 0 Å². The van der Waals surface area contributed by atoms with Crippen LogP contribution in [0.15, 0.2) is 0 Å². The second kappa shape index (κ2) is 6.82. The van der Waals surface area contributed by atoms with Gasteiger partial charge in [0.15, 0.2) is 0 Å². The number of likely N-dealkylation sites (N-methyl/N-ethyl adjacent to an activating group) is 1. The lowest BCUT2D eigenvalue weighted by atomic mass is 10.2. The molecule has 0 bridgehead atoms. The lowest BCUT2D eigenvalue weighted by Crippen LogP contribution is -2.49. The van der Waals surface area contributed by atoms with Gasteiger partial charge in [-0.05, 0) is 14.0 Å². The number of ether oxygens (including phenoxy) is 1. The topological polar surface area (TPSA) is 70.6 Å². The lowest BCUT2D eigenvalue weighted by Gasteiger charge is -2.18. The largest absolute Gasteiger partial charge is 0.391 e. The summed E-state index contributed by atoms with van der Waals surface area (Å²) in [6.45, 7) is 2.50. The highest BCUT2D eigenvalue weighted by molar-refractivity contribution is 5.82. The van der Waals surface area contributed by atoms with Crippen molar-refractivity contribution in [3.8, 4) is 0 Å². The monoisotopic (exact) mass is 190 g/mol. The predicted octanol–water partition coefficient (Wildman–Crippen LogP) is -1.28. The first-order chi connectivity index (χ1) is 6.13. The Morgan fingerprint density at radius 2 is 2.23 bits per heavy atom. The van der Waals surface area contributed by atoms with E-state index in [1.807, 2.05) is 0 Å². The molecular formula is C8H18N2O3. The molecular weight excluding hydrogens is 172 g/mol. The van der Waals surface area contributed by atoms with Crippen LogP contribution in [0.2, 0.25) is 0 Å². The number of amides is 1. The molecule has 0 aliphatic heterocycles. The molecule has 0 saturated carbocycles. The van der Waals surface area contributed by atoms with Crippen molar-refractivity contribution in [3.63, 3.8) is 0 Å². The summed E-state index contributed by atoms with van der Waals surface area (Å²) in [6, 6.07) is -0.558. The zero-order chi connectivity index (χ0) is 10.3. The van der Waals surface area contributed by atoms with Crippen LogP contribution in [0.25, 0.3) is 0 Å². The molecule has 0 aromatic rings. The molecule has 0 radical (unpaired) electrons. The van der Waals surface area contributed by atoms with Crippen LogP contribution < -0.4 is 10.6 Å². The van der Waals surface area contributed by atoms with Crippen LogP contribution in [0.4, 0.5) is 0 Å². The van der Waals surface area contributed by atoms with Gasteiger partial charge in [0.1, 0.15) is 6.04 Å². The van der Waals surface area contributed by atoms with Gasteiger partial charge in [-0.2, -0.15) is 0 Å². The zero-order valence-corrected chi connectivity index (χ0v) is 8.33. The Balaban J connectivity index is 3.78. The minimum Gasteiger partial charge on any atom is -0.391 e. The summed E-state index contributed by atoms with van der Waals surface area (Å²) >= 11 is 0.